The first kappa shape index (κ1) is 15.0. The summed E-state index contributed by atoms with van der Waals surface area (Å²) >= 11 is 2.88. The molecule has 0 saturated heterocycles. The van der Waals surface area contributed by atoms with E-state index in [1.807, 2.05) is 0 Å². The first-order valence-electron chi connectivity index (χ1n) is 5.76. The van der Waals surface area contributed by atoms with Gasteiger partial charge in [-0.15, -0.1) is 10.2 Å². The fraction of sp³-hybridized carbons (Fsp3) is 0.333. The molecule has 2 aromatic rings. The van der Waals surface area contributed by atoms with Crippen molar-refractivity contribution in [1.29, 1.82) is 0 Å². The minimum absolute atomic E-state index is 0.0244. The van der Waals surface area contributed by atoms with Gasteiger partial charge in [-0.25, -0.2) is 0 Å². The molecule has 1 heterocycles. The van der Waals surface area contributed by atoms with Gasteiger partial charge in [0, 0.05) is 23.0 Å². The van der Waals surface area contributed by atoms with Gasteiger partial charge in [-0.1, -0.05) is 15.9 Å². The maximum absolute atomic E-state index is 12.8. The molecule has 0 aliphatic carbocycles. The molecule has 0 fully saturated rings. The van der Waals surface area contributed by atoms with Gasteiger partial charge in [-0.3, -0.25) is 0 Å². The van der Waals surface area contributed by atoms with Crippen molar-refractivity contribution in [3.05, 3.63) is 34.1 Å². The number of alkyl halides is 3. The smallest absolute Gasteiger partial charge is 0.417 e. The van der Waals surface area contributed by atoms with E-state index in [1.165, 1.54) is 12.1 Å². The summed E-state index contributed by atoms with van der Waals surface area (Å²) in [5.74, 6) is 0.458. The maximum atomic E-state index is 12.8. The highest BCUT2D eigenvalue weighted by atomic mass is 79.9. The summed E-state index contributed by atoms with van der Waals surface area (Å²) in [6.45, 7) is 0.649. The highest BCUT2D eigenvalue weighted by molar-refractivity contribution is 9.10. The molecule has 8 heteroatoms. The summed E-state index contributed by atoms with van der Waals surface area (Å²) in [7, 11) is 1.78. The van der Waals surface area contributed by atoms with Crippen LogP contribution in [-0.4, -0.2) is 23.8 Å². The van der Waals surface area contributed by atoms with Gasteiger partial charge >= 0.3 is 6.18 Å². The van der Waals surface area contributed by atoms with Crippen molar-refractivity contribution in [3.63, 3.8) is 0 Å². The molecular formula is C12H11BrF3N3O. The Morgan fingerprint density at radius 2 is 2.05 bits per heavy atom. The van der Waals surface area contributed by atoms with Crippen LogP contribution in [0.4, 0.5) is 13.2 Å². The van der Waals surface area contributed by atoms with Gasteiger partial charge in [0.05, 0.1) is 5.56 Å². The molecule has 0 amide bonds. The average Bonchev–Trinajstić information content (AvgIpc) is 2.84. The summed E-state index contributed by atoms with van der Waals surface area (Å²) in [4.78, 5) is 0. The van der Waals surface area contributed by atoms with Crippen LogP contribution in [0.3, 0.4) is 0 Å². The zero-order valence-corrected chi connectivity index (χ0v) is 12.0. The van der Waals surface area contributed by atoms with Crippen LogP contribution in [0, 0.1) is 0 Å². The van der Waals surface area contributed by atoms with Crippen molar-refractivity contribution in [3.8, 4) is 11.5 Å². The van der Waals surface area contributed by atoms with Crippen molar-refractivity contribution in [2.24, 2.45) is 0 Å². The monoisotopic (exact) mass is 349 g/mol. The Labute approximate surface area is 121 Å². The van der Waals surface area contributed by atoms with E-state index in [9.17, 15) is 13.2 Å². The first-order chi connectivity index (χ1) is 9.41. The van der Waals surface area contributed by atoms with Crippen LogP contribution in [0.5, 0.6) is 0 Å². The van der Waals surface area contributed by atoms with Gasteiger partial charge in [0.1, 0.15) is 0 Å². The third-order valence-corrected chi connectivity index (χ3v) is 3.27. The number of nitrogens with one attached hydrogen (secondary N) is 1. The summed E-state index contributed by atoms with van der Waals surface area (Å²) in [5, 5.41) is 10.5. The Bertz CT molecular complexity index is 598. The van der Waals surface area contributed by atoms with Crippen LogP contribution in [0.15, 0.2) is 27.1 Å². The molecule has 1 aromatic heterocycles. The largest absolute Gasteiger partial charge is 0.421 e. The van der Waals surface area contributed by atoms with E-state index in [4.69, 9.17) is 4.42 Å². The fourth-order valence-corrected chi connectivity index (χ4v) is 2.05. The predicted octanol–water partition coefficient (Wildman–Crippen LogP) is 3.28. The lowest BCUT2D eigenvalue weighted by Crippen LogP contribution is -2.10. The van der Waals surface area contributed by atoms with Crippen molar-refractivity contribution in [2.75, 3.05) is 13.6 Å². The van der Waals surface area contributed by atoms with E-state index in [0.29, 0.717) is 18.9 Å². The average molecular weight is 350 g/mol. The minimum atomic E-state index is -4.44. The van der Waals surface area contributed by atoms with Crippen molar-refractivity contribution in [2.45, 2.75) is 12.6 Å². The van der Waals surface area contributed by atoms with Crippen LogP contribution in [-0.2, 0) is 12.6 Å². The topological polar surface area (TPSA) is 51.0 Å². The minimum Gasteiger partial charge on any atom is -0.421 e. The Balaban J connectivity index is 2.31. The van der Waals surface area contributed by atoms with Gasteiger partial charge in [0.2, 0.25) is 11.8 Å². The number of rotatable bonds is 4. The molecule has 0 bridgehead atoms. The van der Waals surface area contributed by atoms with Crippen LogP contribution in [0.25, 0.3) is 11.5 Å². The van der Waals surface area contributed by atoms with Gasteiger partial charge in [-0.05, 0) is 25.2 Å². The number of halogens is 4. The lowest BCUT2D eigenvalue weighted by atomic mass is 10.1. The fourth-order valence-electron chi connectivity index (χ4n) is 1.58. The molecule has 0 radical (unpaired) electrons. The summed E-state index contributed by atoms with van der Waals surface area (Å²) in [6.07, 6.45) is -3.92. The summed E-state index contributed by atoms with van der Waals surface area (Å²) in [6, 6.07) is 3.80. The van der Waals surface area contributed by atoms with E-state index in [2.05, 4.69) is 31.4 Å². The number of nitrogens with zero attached hydrogens (tertiary/aromatic N) is 2. The molecule has 0 saturated carbocycles. The van der Waals surface area contributed by atoms with E-state index >= 15 is 0 Å². The molecule has 4 nitrogen and oxygen atoms in total. The normalized spacial score (nSPS) is 11.8. The lowest BCUT2D eigenvalue weighted by Gasteiger charge is -2.09. The highest BCUT2D eigenvalue weighted by Gasteiger charge is 2.33. The highest BCUT2D eigenvalue weighted by Crippen LogP contribution is 2.37. The summed E-state index contributed by atoms with van der Waals surface area (Å²) in [5.41, 5.74) is -0.534. The number of likely N-dealkylation sites (N-methyl/N-ethyl adjacent to an activating group) is 1. The van der Waals surface area contributed by atoms with Gasteiger partial charge < -0.3 is 9.73 Å². The zero-order valence-electron chi connectivity index (χ0n) is 10.5. The Morgan fingerprint density at radius 1 is 1.30 bits per heavy atom. The number of benzene rings is 1. The molecule has 0 unspecified atom stereocenters. The van der Waals surface area contributed by atoms with Crippen molar-refractivity contribution in [1.82, 2.24) is 15.5 Å². The number of aromatic nitrogens is 2. The maximum Gasteiger partial charge on any atom is 0.417 e. The molecule has 108 valence electrons. The van der Waals surface area contributed by atoms with E-state index in [-0.39, 0.29) is 15.9 Å². The molecule has 1 aromatic carbocycles. The van der Waals surface area contributed by atoms with Gasteiger partial charge in [-0.2, -0.15) is 13.2 Å². The van der Waals surface area contributed by atoms with Crippen LogP contribution >= 0.6 is 15.9 Å². The predicted molar refractivity (Wildman–Crippen MR) is 70.1 cm³/mol. The van der Waals surface area contributed by atoms with Gasteiger partial charge in [0.15, 0.2) is 0 Å². The third kappa shape index (κ3) is 3.37. The summed E-state index contributed by atoms with van der Waals surface area (Å²) < 4.78 is 43.7. The molecular weight excluding hydrogens is 339 g/mol. The SMILES string of the molecule is CNCCc1nnc(-c2ccc(Br)c(C(F)(F)F)c2)o1. The molecule has 1 N–H and O–H groups in total. The molecule has 20 heavy (non-hydrogen) atoms. The van der Waals surface area contributed by atoms with E-state index in [0.717, 1.165) is 6.07 Å². The van der Waals surface area contributed by atoms with Crippen LogP contribution in [0.2, 0.25) is 0 Å². The quantitative estimate of drug-likeness (QED) is 0.920. The first-order valence-corrected chi connectivity index (χ1v) is 6.55. The Kier molecular flexibility index (Phi) is 4.44. The standard InChI is InChI=1S/C12H11BrF3N3O/c1-17-5-4-10-18-19-11(20-10)7-2-3-9(13)8(6-7)12(14,15)16/h2-3,6,17H,4-5H2,1H3. The molecule has 0 aliphatic rings. The lowest BCUT2D eigenvalue weighted by molar-refractivity contribution is -0.138. The second-order valence-corrected chi connectivity index (χ2v) is 4.90. The number of hydrogen-bond acceptors (Lipinski definition) is 4. The second kappa shape index (κ2) is 5.92. The molecule has 0 aliphatic heterocycles. The van der Waals surface area contributed by atoms with E-state index in [1.54, 1.807) is 7.05 Å². The zero-order chi connectivity index (χ0) is 14.8. The second-order valence-electron chi connectivity index (χ2n) is 4.05. The van der Waals surface area contributed by atoms with Gasteiger partial charge in [0.25, 0.3) is 0 Å². The van der Waals surface area contributed by atoms with Crippen LogP contribution < -0.4 is 5.32 Å². The van der Waals surface area contributed by atoms with Crippen LogP contribution in [0.1, 0.15) is 11.5 Å². The number of hydrogen-bond donors (Lipinski definition) is 1. The molecule has 2 rings (SSSR count). The molecule has 0 spiro atoms. The van der Waals surface area contributed by atoms with Crippen molar-refractivity contribution < 1.29 is 17.6 Å². The Morgan fingerprint density at radius 3 is 2.70 bits per heavy atom. The van der Waals surface area contributed by atoms with E-state index < -0.39 is 11.7 Å². The molecule has 0 atom stereocenters. The van der Waals surface area contributed by atoms with Crippen molar-refractivity contribution >= 4 is 15.9 Å². The Hall–Kier alpha value is -1.41. The third-order valence-electron chi connectivity index (χ3n) is 2.57.